The number of benzene rings is 8. The van der Waals surface area contributed by atoms with Crippen LogP contribution in [0, 0.1) is 0 Å². The lowest BCUT2D eigenvalue weighted by Gasteiger charge is -2.10. The lowest BCUT2D eigenvalue weighted by Crippen LogP contribution is -2.00. The number of rotatable bonds is 4. The van der Waals surface area contributed by atoms with Crippen LogP contribution in [0.1, 0.15) is 0 Å². The second kappa shape index (κ2) is 11.0. The summed E-state index contributed by atoms with van der Waals surface area (Å²) >= 11 is 0. The second-order valence-corrected chi connectivity index (χ2v) is 12.5. The predicted molar refractivity (Wildman–Crippen MR) is 201 cm³/mol. The van der Waals surface area contributed by atoms with Crippen LogP contribution in [-0.4, -0.2) is 15.0 Å². The van der Waals surface area contributed by atoms with E-state index in [1.807, 2.05) is 42.5 Å². The molecule has 0 amide bonds. The molecule has 0 unspecified atom stereocenters. The molecule has 0 aliphatic carbocycles. The highest BCUT2D eigenvalue weighted by atomic mass is 16.3. The van der Waals surface area contributed by atoms with Gasteiger partial charge in [0.1, 0.15) is 11.2 Å². The summed E-state index contributed by atoms with van der Waals surface area (Å²) in [6.07, 6.45) is 0. The van der Waals surface area contributed by atoms with Crippen LogP contribution in [0.2, 0.25) is 0 Å². The maximum absolute atomic E-state index is 6.40. The molecule has 0 aliphatic rings. The number of fused-ring (bicyclic) bond motifs is 7. The first-order valence-corrected chi connectivity index (χ1v) is 16.4. The van der Waals surface area contributed by atoms with Crippen LogP contribution in [0.5, 0.6) is 0 Å². The van der Waals surface area contributed by atoms with Gasteiger partial charge in [-0.2, -0.15) is 0 Å². The smallest absolute Gasteiger partial charge is 0.164 e. The molecule has 0 bridgehead atoms. The summed E-state index contributed by atoms with van der Waals surface area (Å²) < 4.78 is 6.40. The Kier molecular flexibility index (Phi) is 6.15. The maximum atomic E-state index is 6.40. The van der Waals surface area contributed by atoms with Crippen LogP contribution in [-0.2, 0) is 0 Å². The van der Waals surface area contributed by atoms with Gasteiger partial charge in [-0.3, -0.25) is 0 Å². The summed E-state index contributed by atoms with van der Waals surface area (Å²) in [4.78, 5) is 15.1. The third-order valence-electron chi connectivity index (χ3n) is 9.48. The van der Waals surface area contributed by atoms with Crippen LogP contribution in [0.15, 0.2) is 168 Å². The maximum Gasteiger partial charge on any atom is 0.164 e. The molecule has 0 saturated heterocycles. The van der Waals surface area contributed by atoms with Gasteiger partial charge >= 0.3 is 0 Å². The number of aromatic nitrogens is 3. The lowest BCUT2D eigenvalue weighted by atomic mass is 9.99. The Morgan fingerprint density at radius 3 is 1.65 bits per heavy atom. The minimum absolute atomic E-state index is 0.617. The van der Waals surface area contributed by atoms with E-state index in [9.17, 15) is 0 Å². The molecule has 4 nitrogen and oxygen atoms in total. The monoisotopic (exact) mass is 625 g/mol. The molecule has 0 radical (unpaired) electrons. The van der Waals surface area contributed by atoms with Gasteiger partial charge in [0, 0.05) is 27.5 Å². The molecule has 0 fully saturated rings. The summed E-state index contributed by atoms with van der Waals surface area (Å²) in [6, 6.07) is 57.1. The van der Waals surface area contributed by atoms with Gasteiger partial charge in [-0.1, -0.05) is 121 Å². The third kappa shape index (κ3) is 4.73. The highest BCUT2D eigenvalue weighted by molar-refractivity contribution is 6.09. The van der Waals surface area contributed by atoms with Gasteiger partial charge in [0.25, 0.3) is 0 Å². The molecule has 4 heteroatoms. The molecule has 49 heavy (non-hydrogen) atoms. The van der Waals surface area contributed by atoms with Crippen molar-refractivity contribution in [2.75, 3.05) is 0 Å². The molecule has 0 aliphatic heterocycles. The standard InChI is InChI=1S/C45H27N3O/c1-2-10-31(11-3-1)43-46-44(35-19-17-30-16-15-29-9-6-7-13-37(29)39(30)25-35)48-45(47-43)36-21-23-41-40(26-36)38-22-20-34(27-42(38)49-41)33-18-14-28-8-4-5-12-32(28)24-33/h1-27H. The van der Waals surface area contributed by atoms with Gasteiger partial charge in [-0.25, -0.2) is 15.0 Å². The van der Waals surface area contributed by atoms with E-state index < -0.39 is 0 Å². The summed E-state index contributed by atoms with van der Waals surface area (Å²) in [5.74, 6) is 1.89. The Hall–Kier alpha value is -6.65. The first-order valence-electron chi connectivity index (χ1n) is 16.4. The van der Waals surface area contributed by atoms with Crippen LogP contribution in [0.3, 0.4) is 0 Å². The first kappa shape index (κ1) is 27.5. The van der Waals surface area contributed by atoms with Crippen LogP contribution < -0.4 is 0 Å². The zero-order chi connectivity index (χ0) is 32.3. The van der Waals surface area contributed by atoms with Gasteiger partial charge in [0.2, 0.25) is 0 Å². The second-order valence-electron chi connectivity index (χ2n) is 12.5. The minimum atomic E-state index is 0.617. The summed E-state index contributed by atoms with van der Waals surface area (Å²) in [6.45, 7) is 0. The summed E-state index contributed by atoms with van der Waals surface area (Å²) in [7, 11) is 0. The molecule has 0 N–H and O–H groups in total. The normalized spacial score (nSPS) is 11.7. The fourth-order valence-electron chi connectivity index (χ4n) is 6.96. The Bertz CT molecular complexity index is 2890. The Morgan fingerprint density at radius 1 is 0.286 bits per heavy atom. The molecule has 0 spiro atoms. The van der Waals surface area contributed by atoms with E-state index in [0.717, 1.165) is 49.8 Å². The fourth-order valence-corrected chi connectivity index (χ4v) is 6.96. The fraction of sp³-hybridized carbons (Fsp3) is 0. The highest BCUT2D eigenvalue weighted by Gasteiger charge is 2.16. The number of furan rings is 1. The van der Waals surface area contributed by atoms with Crippen molar-refractivity contribution in [1.82, 2.24) is 15.0 Å². The molecule has 228 valence electrons. The highest BCUT2D eigenvalue weighted by Crippen LogP contribution is 2.36. The number of hydrogen-bond donors (Lipinski definition) is 0. The molecule has 10 rings (SSSR count). The first-order chi connectivity index (χ1) is 24.2. The van der Waals surface area contributed by atoms with Crippen LogP contribution >= 0.6 is 0 Å². The minimum Gasteiger partial charge on any atom is -0.456 e. The van der Waals surface area contributed by atoms with Crippen molar-refractivity contribution in [2.24, 2.45) is 0 Å². The van der Waals surface area contributed by atoms with Gasteiger partial charge in [-0.15, -0.1) is 0 Å². The Morgan fingerprint density at radius 2 is 0.837 bits per heavy atom. The SMILES string of the molecule is c1ccc(-c2nc(-c3ccc4ccc5ccccc5c4c3)nc(-c3ccc4oc5cc(-c6ccc7ccccc7c6)ccc5c4c3)n2)cc1. The third-order valence-corrected chi connectivity index (χ3v) is 9.48. The molecule has 8 aromatic carbocycles. The zero-order valence-electron chi connectivity index (χ0n) is 26.3. The Labute approximate surface area is 282 Å². The topological polar surface area (TPSA) is 51.8 Å². The van der Waals surface area contributed by atoms with Crippen molar-refractivity contribution < 1.29 is 4.42 Å². The van der Waals surface area contributed by atoms with Gasteiger partial charge in [0.15, 0.2) is 17.5 Å². The van der Waals surface area contributed by atoms with Crippen molar-refractivity contribution >= 4 is 54.3 Å². The Balaban J connectivity index is 1.11. The van der Waals surface area contributed by atoms with Gasteiger partial charge < -0.3 is 4.42 Å². The average molecular weight is 626 g/mol. The summed E-state index contributed by atoms with van der Waals surface area (Å²) in [5, 5.41) is 9.30. The lowest BCUT2D eigenvalue weighted by molar-refractivity contribution is 0.669. The van der Waals surface area contributed by atoms with Crippen molar-refractivity contribution in [3.05, 3.63) is 164 Å². The molecule has 0 saturated carbocycles. The van der Waals surface area contributed by atoms with Crippen LogP contribution in [0.4, 0.5) is 0 Å². The predicted octanol–water partition coefficient (Wildman–Crippen LogP) is 11.9. The average Bonchev–Trinajstić information content (AvgIpc) is 3.55. The van der Waals surface area contributed by atoms with E-state index in [2.05, 4.69) is 121 Å². The molecular weight excluding hydrogens is 599 g/mol. The van der Waals surface area contributed by atoms with E-state index >= 15 is 0 Å². The van der Waals surface area contributed by atoms with Crippen molar-refractivity contribution in [3.63, 3.8) is 0 Å². The number of hydrogen-bond acceptors (Lipinski definition) is 4. The number of nitrogens with zero attached hydrogens (tertiary/aromatic N) is 3. The van der Waals surface area contributed by atoms with Gasteiger partial charge in [-0.05, 0) is 85.9 Å². The van der Waals surface area contributed by atoms with E-state index in [1.54, 1.807) is 0 Å². The van der Waals surface area contributed by atoms with Crippen molar-refractivity contribution in [2.45, 2.75) is 0 Å². The van der Waals surface area contributed by atoms with Crippen LogP contribution in [0.25, 0.3) is 99.5 Å². The van der Waals surface area contributed by atoms with E-state index in [-0.39, 0.29) is 0 Å². The molecule has 2 aromatic heterocycles. The zero-order valence-corrected chi connectivity index (χ0v) is 26.3. The largest absolute Gasteiger partial charge is 0.456 e. The molecular formula is C45H27N3O. The molecule has 10 aromatic rings. The molecule has 2 heterocycles. The summed E-state index contributed by atoms with van der Waals surface area (Å²) in [5.41, 5.74) is 6.75. The van der Waals surface area contributed by atoms with E-state index in [0.29, 0.717) is 17.5 Å². The van der Waals surface area contributed by atoms with Crippen molar-refractivity contribution in [1.29, 1.82) is 0 Å². The molecule has 0 atom stereocenters. The van der Waals surface area contributed by atoms with Crippen molar-refractivity contribution in [3.8, 4) is 45.3 Å². The van der Waals surface area contributed by atoms with Gasteiger partial charge in [0.05, 0.1) is 0 Å². The van der Waals surface area contributed by atoms with E-state index in [1.165, 1.54) is 32.3 Å². The quantitative estimate of drug-likeness (QED) is 0.183. The van der Waals surface area contributed by atoms with E-state index in [4.69, 9.17) is 19.4 Å².